The fourth-order valence-corrected chi connectivity index (χ4v) is 4.59. The van der Waals surface area contributed by atoms with Crippen LogP contribution in [0, 0.1) is 6.92 Å². The fraction of sp³-hybridized carbons (Fsp3) is 0.529. The van der Waals surface area contributed by atoms with Gasteiger partial charge < -0.3 is 14.6 Å². The number of amides is 1. The Bertz CT molecular complexity index is 733. The number of rotatable bonds is 7. The largest absolute Gasteiger partial charge is 0.379 e. The van der Waals surface area contributed by atoms with Crippen molar-refractivity contribution in [3.63, 3.8) is 0 Å². The van der Waals surface area contributed by atoms with Gasteiger partial charge in [0, 0.05) is 48.6 Å². The molecular weight excluding hydrogens is 358 g/mol. The molecule has 0 aromatic carbocycles. The second kappa shape index (κ2) is 8.75. The molecule has 1 saturated heterocycles. The van der Waals surface area contributed by atoms with Gasteiger partial charge in [0.15, 0.2) is 0 Å². The van der Waals surface area contributed by atoms with Crippen LogP contribution in [0.25, 0.3) is 0 Å². The van der Waals surface area contributed by atoms with Crippen LogP contribution in [-0.4, -0.2) is 48.2 Å². The zero-order valence-corrected chi connectivity index (χ0v) is 15.9. The van der Waals surface area contributed by atoms with Gasteiger partial charge in [-0.25, -0.2) is 0 Å². The SMILES string of the molecule is Cc1csc(=O)n1CCC(=O)NCC(c1cccs1)N1CCOCC1. The highest BCUT2D eigenvalue weighted by Gasteiger charge is 2.23. The summed E-state index contributed by atoms with van der Waals surface area (Å²) in [5.74, 6) is -0.0210. The van der Waals surface area contributed by atoms with Crippen LogP contribution in [0.15, 0.2) is 27.7 Å². The first-order valence-corrected chi connectivity index (χ1v) is 10.2. The van der Waals surface area contributed by atoms with Crippen LogP contribution in [0.2, 0.25) is 0 Å². The van der Waals surface area contributed by atoms with Gasteiger partial charge in [0.1, 0.15) is 0 Å². The zero-order chi connectivity index (χ0) is 17.6. The molecule has 136 valence electrons. The number of aromatic nitrogens is 1. The highest BCUT2D eigenvalue weighted by Crippen LogP contribution is 2.25. The Morgan fingerprint density at radius 3 is 2.80 bits per heavy atom. The van der Waals surface area contributed by atoms with E-state index in [9.17, 15) is 9.59 Å². The lowest BCUT2D eigenvalue weighted by molar-refractivity contribution is -0.121. The van der Waals surface area contributed by atoms with E-state index in [-0.39, 0.29) is 16.8 Å². The molecule has 0 bridgehead atoms. The Morgan fingerprint density at radius 2 is 2.16 bits per heavy atom. The normalized spacial score (nSPS) is 16.7. The summed E-state index contributed by atoms with van der Waals surface area (Å²) < 4.78 is 7.09. The van der Waals surface area contributed by atoms with Crippen molar-refractivity contribution in [1.82, 2.24) is 14.8 Å². The molecular formula is C17H23N3O3S2. The van der Waals surface area contributed by atoms with Crippen molar-refractivity contribution >= 4 is 28.6 Å². The Labute approximate surface area is 155 Å². The molecule has 25 heavy (non-hydrogen) atoms. The summed E-state index contributed by atoms with van der Waals surface area (Å²) in [6.45, 7) is 6.12. The molecule has 1 N–H and O–H groups in total. The summed E-state index contributed by atoms with van der Waals surface area (Å²) in [5, 5.41) is 6.93. The molecule has 0 saturated carbocycles. The number of carbonyl (C=O) groups is 1. The standard InChI is InChI=1S/C17H23N3O3S2/c1-13-12-25-17(22)20(13)5-4-16(21)18-11-14(15-3-2-10-24-15)19-6-8-23-9-7-19/h2-3,10,12,14H,4-9,11H2,1H3,(H,18,21). The highest BCUT2D eigenvalue weighted by molar-refractivity contribution is 7.10. The van der Waals surface area contributed by atoms with Crippen molar-refractivity contribution in [3.05, 3.63) is 43.1 Å². The summed E-state index contributed by atoms with van der Waals surface area (Å²) in [5.41, 5.74) is 0.910. The van der Waals surface area contributed by atoms with E-state index in [1.54, 1.807) is 15.9 Å². The molecule has 1 unspecified atom stereocenters. The molecule has 1 atom stereocenters. The second-order valence-corrected chi connectivity index (χ2v) is 7.83. The van der Waals surface area contributed by atoms with Gasteiger partial charge >= 0.3 is 4.87 Å². The monoisotopic (exact) mass is 381 g/mol. The average molecular weight is 382 g/mol. The topological polar surface area (TPSA) is 63.6 Å². The summed E-state index contributed by atoms with van der Waals surface area (Å²) in [6.07, 6.45) is 0.317. The third kappa shape index (κ3) is 4.78. The highest BCUT2D eigenvalue weighted by atomic mass is 32.1. The van der Waals surface area contributed by atoms with E-state index in [4.69, 9.17) is 4.74 Å². The van der Waals surface area contributed by atoms with E-state index in [1.807, 2.05) is 18.4 Å². The van der Waals surface area contributed by atoms with Crippen LogP contribution in [0.3, 0.4) is 0 Å². The van der Waals surface area contributed by atoms with Gasteiger partial charge in [-0.2, -0.15) is 0 Å². The first kappa shape index (κ1) is 18.3. The van der Waals surface area contributed by atoms with Crippen molar-refractivity contribution in [2.45, 2.75) is 25.9 Å². The van der Waals surface area contributed by atoms with Gasteiger partial charge in [0.05, 0.1) is 19.3 Å². The summed E-state index contributed by atoms with van der Waals surface area (Å²) in [7, 11) is 0. The predicted octanol–water partition coefficient (Wildman–Crippen LogP) is 1.86. The van der Waals surface area contributed by atoms with E-state index in [0.29, 0.717) is 19.5 Å². The Kier molecular flexibility index (Phi) is 6.41. The van der Waals surface area contributed by atoms with Gasteiger partial charge in [-0.1, -0.05) is 17.4 Å². The fourth-order valence-electron chi connectivity index (χ4n) is 2.97. The van der Waals surface area contributed by atoms with Crippen LogP contribution < -0.4 is 10.2 Å². The maximum atomic E-state index is 12.3. The summed E-state index contributed by atoms with van der Waals surface area (Å²) in [4.78, 5) is 27.6. The molecule has 3 rings (SSSR count). The smallest absolute Gasteiger partial charge is 0.307 e. The minimum absolute atomic E-state index is 0.00456. The number of morpholine rings is 1. The first-order valence-electron chi connectivity index (χ1n) is 8.42. The van der Waals surface area contributed by atoms with E-state index in [0.717, 1.165) is 32.0 Å². The van der Waals surface area contributed by atoms with Gasteiger partial charge in [0.25, 0.3) is 0 Å². The van der Waals surface area contributed by atoms with Crippen molar-refractivity contribution in [3.8, 4) is 0 Å². The van der Waals surface area contributed by atoms with Crippen molar-refractivity contribution in [2.75, 3.05) is 32.8 Å². The predicted molar refractivity (Wildman–Crippen MR) is 100 cm³/mol. The van der Waals surface area contributed by atoms with E-state index in [1.165, 1.54) is 16.2 Å². The Morgan fingerprint density at radius 1 is 1.36 bits per heavy atom. The molecule has 1 aliphatic rings. The minimum Gasteiger partial charge on any atom is -0.379 e. The summed E-state index contributed by atoms with van der Waals surface area (Å²) >= 11 is 2.89. The lowest BCUT2D eigenvalue weighted by atomic mass is 10.2. The molecule has 0 spiro atoms. The number of nitrogens with zero attached hydrogens (tertiary/aromatic N) is 2. The summed E-state index contributed by atoms with van der Waals surface area (Å²) in [6, 6.07) is 4.34. The van der Waals surface area contributed by atoms with Crippen molar-refractivity contribution in [1.29, 1.82) is 0 Å². The van der Waals surface area contributed by atoms with Crippen molar-refractivity contribution in [2.24, 2.45) is 0 Å². The molecule has 3 heterocycles. The molecule has 0 aliphatic carbocycles. The van der Waals surface area contributed by atoms with Crippen LogP contribution in [0.5, 0.6) is 0 Å². The van der Waals surface area contributed by atoms with Gasteiger partial charge in [0.2, 0.25) is 5.91 Å². The number of thiophene rings is 1. The number of ether oxygens (including phenoxy) is 1. The van der Waals surface area contributed by atoms with E-state index >= 15 is 0 Å². The van der Waals surface area contributed by atoms with E-state index < -0.39 is 0 Å². The Balaban J connectivity index is 1.55. The van der Waals surface area contributed by atoms with Crippen molar-refractivity contribution < 1.29 is 9.53 Å². The van der Waals surface area contributed by atoms with Gasteiger partial charge in [-0.3, -0.25) is 14.5 Å². The number of hydrogen-bond donors (Lipinski definition) is 1. The molecule has 1 aliphatic heterocycles. The lowest BCUT2D eigenvalue weighted by Gasteiger charge is -2.34. The quantitative estimate of drug-likeness (QED) is 0.795. The number of hydrogen-bond acceptors (Lipinski definition) is 6. The van der Waals surface area contributed by atoms with Crippen LogP contribution in [-0.2, 0) is 16.1 Å². The van der Waals surface area contributed by atoms with Crippen LogP contribution in [0.1, 0.15) is 23.0 Å². The molecule has 6 nitrogen and oxygen atoms in total. The first-order chi connectivity index (χ1) is 12.1. The molecule has 1 fully saturated rings. The average Bonchev–Trinajstić information content (AvgIpc) is 3.25. The number of aryl methyl sites for hydroxylation is 1. The van der Waals surface area contributed by atoms with Crippen LogP contribution in [0.4, 0.5) is 0 Å². The minimum atomic E-state index is -0.0210. The zero-order valence-electron chi connectivity index (χ0n) is 14.3. The van der Waals surface area contributed by atoms with Gasteiger partial charge in [-0.05, 0) is 18.4 Å². The molecule has 2 aromatic heterocycles. The van der Waals surface area contributed by atoms with E-state index in [2.05, 4.69) is 21.7 Å². The molecule has 2 aromatic rings. The number of thiazole rings is 1. The maximum Gasteiger partial charge on any atom is 0.307 e. The number of nitrogens with one attached hydrogen (secondary N) is 1. The third-order valence-corrected chi connectivity index (χ3v) is 6.24. The maximum absolute atomic E-state index is 12.3. The Hall–Kier alpha value is -1.48. The number of carbonyl (C=O) groups excluding carboxylic acids is 1. The second-order valence-electron chi connectivity index (χ2n) is 6.03. The molecule has 0 radical (unpaired) electrons. The molecule has 8 heteroatoms. The molecule has 1 amide bonds. The third-order valence-electron chi connectivity index (χ3n) is 4.39. The van der Waals surface area contributed by atoms with Gasteiger partial charge in [-0.15, -0.1) is 11.3 Å². The van der Waals surface area contributed by atoms with Crippen LogP contribution >= 0.6 is 22.7 Å². The lowest BCUT2D eigenvalue weighted by Crippen LogP contribution is -2.43.